The van der Waals surface area contributed by atoms with Crippen molar-refractivity contribution in [2.75, 3.05) is 0 Å². The van der Waals surface area contributed by atoms with Crippen molar-refractivity contribution >= 4 is 22.9 Å². The van der Waals surface area contributed by atoms with Gasteiger partial charge >= 0.3 is 0 Å². The van der Waals surface area contributed by atoms with Gasteiger partial charge in [0.15, 0.2) is 0 Å². The van der Waals surface area contributed by atoms with Gasteiger partial charge in [0.1, 0.15) is 5.75 Å². The molecule has 0 bridgehead atoms. The zero-order valence-corrected chi connectivity index (χ0v) is 10.9. The quantitative estimate of drug-likeness (QED) is 0.655. The SMILES string of the molecule is CC(C)C(=O)NN=Cc1c(O)ccc2ccccc12. The maximum atomic E-state index is 11.4. The highest BCUT2D eigenvalue weighted by molar-refractivity contribution is 6.02. The molecule has 0 saturated heterocycles. The second-order valence-electron chi connectivity index (χ2n) is 4.61. The van der Waals surface area contributed by atoms with Gasteiger partial charge in [0.2, 0.25) is 5.91 Å². The third kappa shape index (κ3) is 2.91. The van der Waals surface area contributed by atoms with Crippen LogP contribution in [0.25, 0.3) is 10.8 Å². The lowest BCUT2D eigenvalue weighted by Gasteiger charge is -2.05. The summed E-state index contributed by atoms with van der Waals surface area (Å²) in [5.74, 6) is -0.143. The molecule has 0 spiro atoms. The largest absolute Gasteiger partial charge is 0.507 e. The molecule has 2 aromatic carbocycles. The van der Waals surface area contributed by atoms with E-state index in [2.05, 4.69) is 10.5 Å². The molecular formula is C15H16N2O2. The Hall–Kier alpha value is -2.36. The number of fused-ring (bicyclic) bond motifs is 1. The van der Waals surface area contributed by atoms with Crippen molar-refractivity contribution < 1.29 is 9.90 Å². The monoisotopic (exact) mass is 256 g/mol. The van der Waals surface area contributed by atoms with E-state index in [4.69, 9.17) is 0 Å². The van der Waals surface area contributed by atoms with E-state index in [9.17, 15) is 9.90 Å². The number of nitrogens with zero attached hydrogens (tertiary/aromatic N) is 1. The summed E-state index contributed by atoms with van der Waals surface area (Å²) in [7, 11) is 0. The van der Waals surface area contributed by atoms with Gasteiger partial charge in [-0.15, -0.1) is 0 Å². The number of aromatic hydroxyl groups is 1. The molecule has 19 heavy (non-hydrogen) atoms. The lowest BCUT2D eigenvalue weighted by Crippen LogP contribution is -2.22. The highest BCUT2D eigenvalue weighted by Gasteiger charge is 2.06. The normalized spacial score (nSPS) is 11.3. The average Bonchev–Trinajstić information content (AvgIpc) is 2.41. The van der Waals surface area contributed by atoms with Crippen LogP contribution in [-0.4, -0.2) is 17.2 Å². The van der Waals surface area contributed by atoms with Gasteiger partial charge in [-0.2, -0.15) is 5.10 Å². The molecule has 0 aliphatic carbocycles. The zero-order chi connectivity index (χ0) is 13.8. The summed E-state index contributed by atoms with van der Waals surface area (Å²) in [5.41, 5.74) is 3.04. The van der Waals surface area contributed by atoms with Crippen LogP contribution in [0.3, 0.4) is 0 Å². The topological polar surface area (TPSA) is 61.7 Å². The van der Waals surface area contributed by atoms with Gasteiger partial charge in [-0.25, -0.2) is 5.43 Å². The standard InChI is InChI=1S/C15H16N2O2/c1-10(2)15(19)17-16-9-13-12-6-4-3-5-11(12)7-8-14(13)18/h3-10,18H,1-2H3,(H,17,19). The van der Waals surface area contributed by atoms with Crippen LogP contribution in [-0.2, 0) is 4.79 Å². The van der Waals surface area contributed by atoms with Crippen LogP contribution in [0.5, 0.6) is 5.75 Å². The smallest absolute Gasteiger partial charge is 0.242 e. The number of benzene rings is 2. The highest BCUT2D eigenvalue weighted by atomic mass is 16.3. The molecule has 2 aromatic rings. The Morgan fingerprint density at radius 3 is 2.74 bits per heavy atom. The minimum atomic E-state index is -0.157. The number of phenols is 1. The number of hydrogen-bond donors (Lipinski definition) is 2. The molecule has 2 N–H and O–H groups in total. The van der Waals surface area contributed by atoms with Crippen molar-refractivity contribution in [3.05, 3.63) is 42.0 Å². The van der Waals surface area contributed by atoms with E-state index >= 15 is 0 Å². The predicted octanol–water partition coefficient (Wildman–Crippen LogP) is 2.65. The fourth-order valence-corrected chi connectivity index (χ4v) is 1.71. The van der Waals surface area contributed by atoms with Crippen molar-refractivity contribution in [3.63, 3.8) is 0 Å². The van der Waals surface area contributed by atoms with Crippen LogP contribution in [0, 0.1) is 5.92 Å². The van der Waals surface area contributed by atoms with Gasteiger partial charge in [0.25, 0.3) is 0 Å². The zero-order valence-electron chi connectivity index (χ0n) is 10.9. The van der Waals surface area contributed by atoms with E-state index in [1.807, 2.05) is 30.3 Å². The Kier molecular flexibility index (Phi) is 3.80. The predicted molar refractivity (Wildman–Crippen MR) is 76.2 cm³/mol. The third-order valence-corrected chi connectivity index (χ3v) is 2.84. The number of carbonyl (C=O) groups is 1. The second-order valence-corrected chi connectivity index (χ2v) is 4.61. The van der Waals surface area contributed by atoms with Crippen molar-refractivity contribution in [1.29, 1.82) is 0 Å². The third-order valence-electron chi connectivity index (χ3n) is 2.84. The molecule has 1 amide bonds. The number of phenolic OH excluding ortho intramolecular Hbond substituents is 1. The summed E-state index contributed by atoms with van der Waals surface area (Å²) in [4.78, 5) is 11.4. The van der Waals surface area contributed by atoms with E-state index in [0.29, 0.717) is 5.56 Å². The molecule has 0 atom stereocenters. The molecule has 0 saturated carbocycles. The second kappa shape index (κ2) is 5.52. The van der Waals surface area contributed by atoms with Crippen LogP contribution in [0.15, 0.2) is 41.5 Å². The summed E-state index contributed by atoms with van der Waals surface area (Å²) in [5, 5.41) is 15.7. The van der Waals surface area contributed by atoms with Crippen molar-refractivity contribution in [2.24, 2.45) is 11.0 Å². The molecule has 0 fully saturated rings. The summed E-state index contributed by atoms with van der Waals surface area (Å²) in [6.07, 6.45) is 1.47. The number of rotatable bonds is 3. The Morgan fingerprint density at radius 2 is 2.00 bits per heavy atom. The van der Waals surface area contributed by atoms with E-state index < -0.39 is 0 Å². The molecule has 0 radical (unpaired) electrons. The summed E-state index contributed by atoms with van der Waals surface area (Å²) < 4.78 is 0. The van der Waals surface area contributed by atoms with Gasteiger partial charge < -0.3 is 5.11 Å². The summed E-state index contributed by atoms with van der Waals surface area (Å²) in [6, 6.07) is 11.1. The van der Waals surface area contributed by atoms with E-state index in [0.717, 1.165) is 10.8 Å². The molecule has 98 valence electrons. The Morgan fingerprint density at radius 1 is 1.26 bits per heavy atom. The van der Waals surface area contributed by atoms with E-state index in [-0.39, 0.29) is 17.6 Å². The fraction of sp³-hybridized carbons (Fsp3) is 0.200. The number of carbonyl (C=O) groups excluding carboxylic acids is 1. The van der Waals surface area contributed by atoms with Gasteiger partial charge in [0.05, 0.1) is 6.21 Å². The minimum absolute atomic E-state index is 0.127. The average molecular weight is 256 g/mol. The summed E-state index contributed by atoms with van der Waals surface area (Å²) >= 11 is 0. The maximum Gasteiger partial charge on any atom is 0.242 e. The van der Waals surface area contributed by atoms with Crippen molar-refractivity contribution in [3.8, 4) is 5.75 Å². The number of hydrogen-bond acceptors (Lipinski definition) is 3. The lowest BCUT2D eigenvalue weighted by atomic mass is 10.0. The van der Waals surface area contributed by atoms with Gasteiger partial charge in [0, 0.05) is 11.5 Å². The molecule has 0 aliphatic heterocycles. The summed E-state index contributed by atoms with van der Waals surface area (Å²) in [6.45, 7) is 3.58. The molecule has 4 nitrogen and oxygen atoms in total. The number of hydrazone groups is 1. The Balaban J connectivity index is 2.32. The lowest BCUT2D eigenvalue weighted by molar-refractivity contribution is -0.123. The molecule has 2 rings (SSSR count). The maximum absolute atomic E-state index is 11.4. The Bertz CT molecular complexity index is 633. The van der Waals surface area contributed by atoms with Crippen molar-refractivity contribution in [2.45, 2.75) is 13.8 Å². The minimum Gasteiger partial charge on any atom is -0.507 e. The highest BCUT2D eigenvalue weighted by Crippen LogP contribution is 2.25. The first-order chi connectivity index (χ1) is 9.09. The van der Waals surface area contributed by atoms with Gasteiger partial charge in [-0.3, -0.25) is 4.79 Å². The van der Waals surface area contributed by atoms with Gasteiger partial charge in [-0.05, 0) is 16.8 Å². The molecule has 0 aromatic heterocycles. The molecular weight excluding hydrogens is 240 g/mol. The van der Waals surface area contributed by atoms with Crippen LogP contribution in [0.2, 0.25) is 0 Å². The fourth-order valence-electron chi connectivity index (χ4n) is 1.71. The first-order valence-electron chi connectivity index (χ1n) is 6.13. The van der Waals surface area contributed by atoms with Crippen LogP contribution in [0.1, 0.15) is 19.4 Å². The molecule has 0 unspecified atom stereocenters. The first kappa shape index (κ1) is 13.1. The number of amides is 1. The van der Waals surface area contributed by atoms with Crippen molar-refractivity contribution in [1.82, 2.24) is 5.43 Å². The number of nitrogens with one attached hydrogen (secondary N) is 1. The van der Waals surface area contributed by atoms with E-state index in [1.165, 1.54) is 6.21 Å². The van der Waals surface area contributed by atoms with Crippen LogP contribution >= 0.6 is 0 Å². The molecule has 0 aliphatic rings. The molecule has 0 heterocycles. The first-order valence-corrected chi connectivity index (χ1v) is 6.13. The van der Waals surface area contributed by atoms with E-state index in [1.54, 1.807) is 19.9 Å². The van der Waals surface area contributed by atoms with Crippen LogP contribution < -0.4 is 5.43 Å². The molecule has 4 heteroatoms. The van der Waals surface area contributed by atoms with Crippen LogP contribution in [0.4, 0.5) is 0 Å². The Labute approximate surface area is 111 Å². The van der Waals surface area contributed by atoms with Gasteiger partial charge in [-0.1, -0.05) is 44.2 Å².